The summed E-state index contributed by atoms with van der Waals surface area (Å²) >= 11 is 6.32. The van der Waals surface area contributed by atoms with E-state index in [-0.39, 0.29) is 58.3 Å². The second kappa shape index (κ2) is 16.5. The van der Waals surface area contributed by atoms with Crippen LogP contribution in [0.15, 0.2) is 99.6 Å². The highest BCUT2D eigenvalue weighted by molar-refractivity contribution is 7.91. The molecule has 0 atom stereocenters. The van der Waals surface area contributed by atoms with Gasteiger partial charge in [0.2, 0.25) is 15.8 Å². The number of hydrogen-bond acceptors (Lipinski definition) is 13. The van der Waals surface area contributed by atoms with Gasteiger partial charge in [0.15, 0.2) is 5.82 Å². The minimum Gasteiger partial charge on any atom is -0.473 e. The predicted molar refractivity (Wildman–Crippen MR) is 180 cm³/mol. The van der Waals surface area contributed by atoms with Gasteiger partial charge in [-0.2, -0.15) is 4.98 Å². The number of amides is 1. The van der Waals surface area contributed by atoms with Gasteiger partial charge in [-0.05, 0) is 71.5 Å². The molecule has 0 fully saturated rings. The zero-order chi connectivity index (χ0) is 34.6. The first-order chi connectivity index (χ1) is 23.7. The zero-order valence-electron chi connectivity index (χ0n) is 26.3. The van der Waals surface area contributed by atoms with Crippen LogP contribution >= 0.6 is 11.6 Å². The summed E-state index contributed by atoms with van der Waals surface area (Å²) in [5, 5.41) is 15.8. The number of carbonyl (C=O) groups excluding carboxylic acids is 2. The number of unbranched alkanes of at least 4 members (excludes halogenated alkanes) is 2. The fourth-order valence-corrected chi connectivity index (χ4v) is 5.83. The highest BCUT2D eigenvalue weighted by Gasteiger charge is 2.28. The average Bonchev–Trinajstić information content (AvgIpc) is 3.60. The highest BCUT2D eigenvalue weighted by atomic mass is 35.5. The third-order valence-electron chi connectivity index (χ3n) is 6.98. The molecule has 2 heterocycles. The van der Waals surface area contributed by atoms with Crippen molar-refractivity contribution in [2.45, 2.75) is 35.6 Å². The fourth-order valence-electron chi connectivity index (χ4n) is 4.49. The van der Waals surface area contributed by atoms with Crippen LogP contribution in [0.25, 0.3) is 0 Å². The molecule has 0 saturated heterocycles. The standard InChI is InChI=1S/C33H32ClN7O7S/c1-35-30(43)25-12-6-7-13-27(25)38-29-26(34)21-36-33(39-29)37-23-16-14-22(15-17-23)20-28(42)46-18-8-3-9-19-47-31-32(41-48-40-31)49(44,45)24-10-4-2-5-11-24/h2,4-7,10-17,21H,3,8-9,18-20H2,1H3,(H,35,43)(H2,36,37,38,39). The largest absolute Gasteiger partial charge is 0.473 e. The number of halogens is 1. The number of sulfone groups is 1. The summed E-state index contributed by atoms with van der Waals surface area (Å²) in [5.41, 5.74) is 2.41. The van der Waals surface area contributed by atoms with E-state index in [1.165, 1.54) is 18.3 Å². The summed E-state index contributed by atoms with van der Waals surface area (Å²) in [7, 11) is -2.37. The second-order valence-electron chi connectivity index (χ2n) is 10.5. The third kappa shape index (κ3) is 9.30. The maximum atomic E-state index is 12.8. The number of ether oxygens (including phenoxy) is 2. The number of nitrogens with one attached hydrogen (secondary N) is 3. The normalized spacial score (nSPS) is 11.1. The predicted octanol–water partition coefficient (Wildman–Crippen LogP) is 5.53. The number of esters is 1. The molecule has 0 spiro atoms. The SMILES string of the molecule is CNC(=O)c1ccccc1Nc1nc(Nc2ccc(CC(=O)OCCCCCOc3nonc3S(=O)(=O)c3ccccc3)cc2)ncc1Cl. The van der Waals surface area contributed by atoms with Crippen LogP contribution in [0.1, 0.15) is 35.2 Å². The summed E-state index contributed by atoms with van der Waals surface area (Å²) in [5.74, 6) is -0.222. The Morgan fingerprint density at radius 2 is 1.61 bits per heavy atom. The van der Waals surface area contributed by atoms with Crippen LogP contribution < -0.4 is 20.7 Å². The van der Waals surface area contributed by atoms with E-state index in [0.29, 0.717) is 42.0 Å². The van der Waals surface area contributed by atoms with Crippen molar-refractivity contribution in [1.29, 1.82) is 0 Å². The number of carbonyl (C=O) groups is 2. The molecule has 3 N–H and O–H groups in total. The van der Waals surface area contributed by atoms with E-state index in [9.17, 15) is 18.0 Å². The molecular formula is C33H32ClN7O7S. The van der Waals surface area contributed by atoms with Crippen LogP contribution in [0.2, 0.25) is 5.02 Å². The van der Waals surface area contributed by atoms with Gasteiger partial charge in [-0.3, -0.25) is 9.59 Å². The van der Waals surface area contributed by atoms with Crippen molar-refractivity contribution < 1.29 is 32.1 Å². The lowest BCUT2D eigenvalue weighted by molar-refractivity contribution is -0.142. The Hall–Kier alpha value is -5.54. The number of para-hydroxylation sites is 1. The average molecular weight is 706 g/mol. The maximum absolute atomic E-state index is 12.8. The molecule has 0 aliphatic carbocycles. The molecule has 16 heteroatoms. The van der Waals surface area contributed by atoms with Gasteiger partial charge in [-0.15, -0.1) is 0 Å². The van der Waals surface area contributed by atoms with Gasteiger partial charge in [0.05, 0.1) is 42.0 Å². The Bertz CT molecular complexity index is 1990. The van der Waals surface area contributed by atoms with E-state index in [4.69, 9.17) is 21.1 Å². The lowest BCUT2D eigenvalue weighted by Crippen LogP contribution is -2.19. The zero-order valence-corrected chi connectivity index (χ0v) is 27.8. The smallest absolute Gasteiger partial charge is 0.310 e. The summed E-state index contributed by atoms with van der Waals surface area (Å²) in [6, 6.07) is 22.0. The number of rotatable bonds is 16. The molecule has 0 aliphatic rings. The molecule has 49 heavy (non-hydrogen) atoms. The van der Waals surface area contributed by atoms with Crippen molar-refractivity contribution in [3.63, 3.8) is 0 Å². The van der Waals surface area contributed by atoms with Crippen LogP contribution in [0.4, 0.5) is 23.1 Å². The molecule has 5 aromatic rings. The van der Waals surface area contributed by atoms with Gasteiger partial charge >= 0.3 is 5.97 Å². The molecule has 0 radical (unpaired) electrons. The van der Waals surface area contributed by atoms with Crippen LogP contribution in [0, 0.1) is 0 Å². The van der Waals surface area contributed by atoms with Crippen molar-refractivity contribution >= 4 is 56.5 Å². The van der Waals surface area contributed by atoms with Gasteiger partial charge in [-0.25, -0.2) is 18.0 Å². The minimum atomic E-state index is -3.92. The fraction of sp³-hybridized carbons (Fsp3) is 0.212. The van der Waals surface area contributed by atoms with Crippen LogP contribution in [0.3, 0.4) is 0 Å². The van der Waals surface area contributed by atoms with Crippen molar-refractivity contribution in [2.24, 2.45) is 0 Å². The number of hydrogen-bond donors (Lipinski definition) is 3. The van der Waals surface area contributed by atoms with Crippen LogP contribution in [-0.4, -0.2) is 60.8 Å². The number of benzene rings is 3. The monoisotopic (exact) mass is 705 g/mol. The highest BCUT2D eigenvalue weighted by Crippen LogP contribution is 2.28. The third-order valence-corrected chi connectivity index (χ3v) is 8.91. The molecule has 254 valence electrons. The lowest BCUT2D eigenvalue weighted by Gasteiger charge is -2.13. The Morgan fingerprint density at radius 3 is 2.39 bits per heavy atom. The summed E-state index contributed by atoms with van der Waals surface area (Å²) in [6.07, 6.45) is 3.38. The molecular weight excluding hydrogens is 674 g/mol. The van der Waals surface area contributed by atoms with Gasteiger partial charge in [-0.1, -0.05) is 54.1 Å². The molecule has 2 aromatic heterocycles. The Morgan fingerprint density at radius 1 is 0.878 bits per heavy atom. The molecule has 0 saturated carbocycles. The molecule has 3 aromatic carbocycles. The first-order valence-electron chi connectivity index (χ1n) is 15.1. The molecule has 1 amide bonds. The number of nitrogens with zero attached hydrogens (tertiary/aromatic N) is 4. The van der Waals surface area contributed by atoms with E-state index in [2.05, 4.69) is 40.9 Å². The van der Waals surface area contributed by atoms with Gasteiger partial charge in [0, 0.05) is 12.7 Å². The molecule has 5 rings (SSSR count). The van der Waals surface area contributed by atoms with E-state index in [1.807, 2.05) is 0 Å². The topological polar surface area (TPSA) is 188 Å². The molecule has 0 aliphatic heterocycles. The van der Waals surface area contributed by atoms with Gasteiger partial charge < -0.3 is 25.4 Å². The summed E-state index contributed by atoms with van der Waals surface area (Å²) < 4.78 is 41.0. The number of anilines is 4. The molecule has 14 nitrogen and oxygen atoms in total. The lowest BCUT2D eigenvalue weighted by atomic mass is 10.1. The quantitative estimate of drug-likeness (QED) is 0.0860. The first kappa shape index (κ1) is 34.8. The Labute approximate surface area is 287 Å². The minimum absolute atomic E-state index is 0.0591. The van der Waals surface area contributed by atoms with Crippen molar-refractivity contribution in [3.8, 4) is 5.88 Å². The molecule has 0 unspecified atom stereocenters. The van der Waals surface area contributed by atoms with E-state index >= 15 is 0 Å². The van der Waals surface area contributed by atoms with E-state index in [1.54, 1.807) is 73.8 Å². The van der Waals surface area contributed by atoms with E-state index < -0.39 is 9.84 Å². The second-order valence-corrected chi connectivity index (χ2v) is 12.7. The van der Waals surface area contributed by atoms with Crippen LogP contribution in [-0.2, 0) is 25.8 Å². The van der Waals surface area contributed by atoms with Crippen molar-refractivity contribution in [3.05, 3.63) is 101 Å². The van der Waals surface area contributed by atoms with E-state index in [0.717, 1.165) is 5.56 Å². The van der Waals surface area contributed by atoms with Crippen molar-refractivity contribution in [1.82, 2.24) is 25.6 Å². The first-order valence-corrected chi connectivity index (χ1v) is 17.0. The Kier molecular flexibility index (Phi) is 11.7. The van der Waals surface area contributed by atoms with Crippen molar-refractivity contribution in [2.75, 3.05) is 30.9 Å². The Balaban J connectivity index is 1.03. The van der Waals surface area contributed by atoms with Gasteiger partial charge in [0.1, 0.15) is 5.02 Å². The summed E-state index contributed by atoms with van der Waals surface area (Å²) in [6.45, 7) is 0.417. The molecule has 0 bridgehead atoms. The van der Waals surface area contributed by atoms with Gasteiger partial charge in [0.25, 0.3) is 16.8 Å². The maximum Gasteiger partial charge on any atom is 0.310 e. The van der Waals surface area contributed by atoms with Crippen LogP contribution in [0.5, 0.6) is 5.88 Å². The number of aromatic nitrogens is 4. The summed E-state index contributed by atoms with van der Waals surface area (Å²) in [4.78, 5) is 33.3.